The maximum atomic E-state index is 12.0. The maximum Gasteiger partial charge on any atom is 0.408 e. The minimum atomic E-state index is -0.653. The van der Waals surface area contributed by atoms with Crippen LogP contribution in [0, 0.1) is 5.92 Å². The maximum absolute atomic E-state index is 12.0. The average Bonchev–Trinajstić information content (AvgIpc) is 2.22. The summed E-state index contributed by atoms with van der Waals surface area (Å²) < 4.78 is 5.15. The van der Waals surface area contributed by atoms with Gasteiger partial charge in [-0.2, -0.15) is 0 Å². The molecular weight excluding hydrogens is 248 g/mol. The molecule has 0 radical (unpaired) electrons. The highest BCUT2D eigenvalue weighted by molar-refractivity contribution is 5.84. The van der Waals surface area contributed by atoms with E-state index in [2.05, 4.69) is 5.32 Å². The van der Waals surface area contributed by atoms with Crippen molar-refractivity contribution in [1.29, 1.82) is 0 Å². The molecule has 0 saturated carbocycles. The van der Waals surface area contributed by atoms with Gasteiger partial charge in [-0.25, -0.2) is 9.86 Å². The van der Waals surface area contributed by atoms with Crippen molar-refractivity contribution in [1.82, 2.24) is 10.4 Å². The Labute approximate surface area is 115 Å². The number of likely N-dealkylation sites (N-methyl/N-ethyl adjacent to an activating group) is 1. The van der Waals surface area contributed by atoms with E-state index in [0.29, 0.717) is 6.42 Å². The van der Waals surface area contributed by atoms with E-state index in [1.54, 1.807) is 20.8 Å². The summed E-state index contributed by atoms with van der Waals surface area (Å²) in [6.07, 6.45) is -0.0813. The number of hydrogen-bond acceptors (Lipinski definition) is 4. The van der Waals surface area contributed by atoms with Gasteiger partial charge in [0.05, 0.1) is 7.11 Å². The van der Waals surface area contributed by atoms with Gasteiger partial charge in [0.2, 0.25) is 0 Å². The van der Waals surface area contributed by atoms with E-state index < -0.39 is 17.7 Å². The van der Waals surface area contributed by atoms with Gasteiger partial charge in [-0.3, -0.25) is 9.63 Å². The SMILES string of the molecule is CON(C)C(=O)C(CC(C)C)NC(=O)OC(C)(C)C. The van der Waals surface area contributed by atoms with Crippen molar-refractivity contribution in [3.8, 4) is 0 Å². The molecule has 112 valence electrons. The van der Waals surface area contributed by atoms with Gasteiger partial charge >= 0.3 is 6.09 Å². The summed E-state index contributed by atoms with van der Waals surface area (Å²) >= 11 is 0. The van der Waals surface area contributed by atoms with Crippen molar-refractivity contribution in [3.05, 3.63) is 0 Å². The quantitative estimate of drug-likeness (QED) is 0.778. The van der Waals surface area contributed by atoms with E-state index >= 15 is 0 Å². The minimum absolute atomic E-state index is 0.258. The molecule has 0 aromatic carbocycles. The van der Waals surface area contributed by atoms with Gasteiger partial charge in [0, 0.05) is 7.05 Å². The van der Waals surface area contributed by atoms with Gasteiger partial charge in [0.1, 0.15) is 11.6 Å². The molecule has 0 heterocycles. The molecule has 0 aliphatic carbocycles. The molecule has 0 aromatic rings. The third-order valence-electron chi connectivity index (χ3n) is 2.28. The van der Waals surface area contributed by atoms with E-state index in [1.807, 2.05) is 13.8 Å². The molecule has 0 aliphatic heterocycles. The molecule has 6 heteroatoms. The monoisotopic (exact) mass is 274 g/mol. The number of nitrogens with zero attached hydrogens (tertiary/aromatic N) is 1. The number of hydrogen-bond donors (Lipinski definition) is 1. The highest BCUT2D eigenvalue weighted by Crippen LogP contribution is 2.10. The lowest BCUT2D eigenvalue weighted by atomic mass is 10.0. The molecule has 1 unspecified atom stereocenters. The molecule has 1 N–H and O–H groups in total. The molecule has 1 atom stereocenters. The molecule has 2 amide bonds. The van der Waals surface area contributed by atoms with Crippen LogP contribution in [-0.4, -0.2) is 42.9 Å². The van der Waals surface area contributed by atoms with Crippen LogP contribution < -0.4 is 5.32 Å². The molecule has 0 aliphatic rings. The first-order chi connectivity index (χ1) is 8.56. The number of alkyl carbamates (subject to hydrolysis) is 1. The number of carbonyl (C=O) groups is 2. The summed E-state index contributed by atoms with van der Waals surface area (Å²) in [6.45, 7) is 9.26. The van der Waals surface area contributed by atoms with Gasteiger partial charge in [0.25, 0.3) is 5.91 Å². The summed E-state index contributed by atoms with van der Waals surface area (Å²) in [7, 11) is 2.91. The van der Waals surface area contributed by atoms with Crippen molar-refractivity contribution < 1.29 is 19.2 Å². The van der Waals surface area contributed by atoms with Gasteiger partial charge in [-0.15, -0.1) is 0 Å². The van der Waals surface area contributed by atoms with Crippen LogP contribution in [0.15, 0.2) is 0 Å². The van der Waals surface area contributed by atoms with Gasteiger partial charge in [-0.05, 0) is 33.1 Å². The number of ether oxygens (including phenoxy) is 1. The predicted molar refractivity (Wildman–Crippen MR) is 72.4 cm³/mol. The van der Waals surface area contributed by atoms with Gasteiger partial charge < -0.3 is 10.1 Å². The summed E-state index contributed by atoms with van der Waals surface area (Å²) in [5, 5.41) is 3.69. The zero-order chi connectivity index (χ0) is 15.2. The molecule has 0 fully saturated rings. The Kier molecular flexibility index (Phi) is 6.83. The third kappa shape index (κ3) is 7.66. The first-order valence-corrected chi connectivity index (χ1v) is 6.38. The lowest BCUT2D eigenvalue weighted by Gasteiger charge is -2.26. The Hall–Kier alpha value is -1.30. The van der Waals surface area contributed by atoms with Crippen LogP contribution in [0.5, 0.6) is 0 Å². The molecular formula is C13H26N2O4. The second-order valence-corrected chi connectivity index (χ2v) is 5.85. The largest absolute Gasteiger partial charge is 0.444 e. The van der Waals surface area contributed by atoms with Crippen LogP contribution in [0.25, 0.3) is 0 Å². The average molecular weight is 274 g/mol. The Bertz CT molecular complexity index is 310. The van der Waals surface area contributed by atoms with Crippen molar-refractivity contribution in [2.75, 3.05) is 14.2 Å². The Morgan fingerprint density at radius 3 is 2.16 bits per heavy atom. The number of rotatable bonds is 5. The van der Waals surface area contributed by atoms with E-state index in [0.717, 1.165) is 5.06 Å². The van der Waals surface area contributed by atoms with E-state index in [4.69, 9.17) is 9.57 Å². The number of carbonyl (C=O) groups excluding carboxylic acids is 2. The Balaban J connectivity index is 4.69. The number of hydroxylamine groups is 2. The summed E-state index contributed by atoms with van der Waals surface area (Å²) in [6, 6.07) is -0.653. The zero-order valence-corrected chi connectivity index (χ0v) is 12.9. The molecule has 0 rings (SSSR count). The van der Waals surface area contributed by atoms with Crippen LogP contribution in [-0.2, 0) is 14.4 Å². The number of nitrogens with one attached hydrogen (secondary N) is 1. The van der Waals surface area contributed by atoms with Crippen molar-refractivity contribution >= 4 is 12.0 Å². The number of amides is 2. The molecule has 0 bridgehead atoms. The van der Waals surface area contributed by atoms with Crippen LogP contribution in [0.4, 0.5) is 4.79 Å². The smallest absolute Gasteiger partial charge is 0.408 e. The van der Waals surface area contributed by atoms with Gasteiger partial charge in [-0.1, -0.05) is 13.8 Å². The first kappa shape index (κ1) is 17.7. The first-order valence-electron chi connectivity index (χ1n) is 6.38. The lowest BCUT2D eigenvalue weighted by Crippen LogP contribution is -2.49. The topological polar surface area (TPSA) is 67.9 Å². The van der Waals surface area contributed by atoms with E-state index in [9.17, 15) is 9.59 Å². The minimum Gasteiger partial charge on any atom is -0.444 e. The standard InChI is InChI=1S/C13H26N2O4/c1-9(2)8-10(11(16)15(6)18-7)14-12(17)19-13(3,4)5/h9-10H,8H2,1-7H3,(H,14,17). The summed E-state index contributed by atoms with van der Waals surface area (Å²) in [5.41, 5.74) is -0.595. The molecule has 0 aromatic heterocycles. The Morgan fingerprint density at radius 2 is 1.79 bits per heavy atom. The fourth-order valence-electron chi connectivity index (χ4n) is 1.45. The fraction of sp³-hybridized carbons (Fsp3) is 0.846. The van der Waals surface area contributed by atoms with Crippen LogP contribution >= 0.6 is 0 Å². The van der Waals surface area contributed by atoms with Crippen molar-refractivity contribution in [2.24, 2.45) is 5.92 Å². The summed E-state index contributed by atoms with van der Waals surface area (Å²) in [5.74, 6) is -0.0452. The van der Waals surface area contributed by atoms with Crippen LogP contribution in [0.1, 0.15) is 41.0 Å². The van der Waals surface area contributed by atoms with E-state index in [1.165, 1.54) is 14.2 Å². The molecule has 19 heavy (non-hydrogen) atoms. The summed E-state index contributed by atoms with van der Waals surface area (Å²) in [4.78, 5) is 28.6. The van der Waals surface area contributed by atoms with Crippen LogP contribution in [0.2, 0.25) is 0 Å². The fourth-order valence-corrected chi connectivity index (χ4v) is 1.45. The zero-order valence-electron chi connectivity index (χ0n) is 12.9. The molecule has 0 saturated heterocycles. The molecule has 0 spiro atoms. The second-order valence-electron chi connectivity index (χ2n) is 5.85. The van der Waals surface area contributed by atoms with Gasteiger partial charge in [0.15, 0.2) is 0 Å². The van der Waals surface area contributed by atoms with Crippen LogP contribution in [0.3, 0.4) is 0 Å². The Morgan fingerprint density at radius 1 is 1.26 bits per heavy atom. The van der Waals surface area contributed by atoms with E-state index in [-0.39, 0.29) is 11.8 Å². The van der Waals surface area contributed by atoms with Crippen molar-refractivity contribution in [3.63, 3.8) is 0 Å². The molecule has 6 nitrogen and oxygen atoms in total. The normalized spacial score (nSPS) is 13.1. The lowest BCUT2D eigenvalue weighted by molar-refractivity contribution is -0.171. The highest BCUT2D eigenvalue weighted by atomic mass is 16.7. The predicted octanol–water partition coefficient (Wildman–Crippen LogP) is 1.95. The highest BCUT2D eigenvalue weighted by Gasteiger charge is 2.27. The third-order valence-corrected chi connectivity index (χ3v) is 2.28. The second kappa shape index (κ2) is 7.33. The van der Waals surface area contributed by atoms with Crippen molar-refractivity contribution in [2.45, 2.75) is 52.7 Å².